The minimum atomic E-state index is 0. The molecular formula is C21H25ClN8. The molecule has 0 fully saturated rings. The standard InChI is InChI=1S/C21H24N8.ClH/c1-11-4-5-14(26-28-20-6-12(2)15(22)9-17(20)24)8-19(11)27-29-21-7-13(3)16(23)10-18(21)25;/h4-10H,22-25H2,1-3H3;1H. The van der Waals surface area contributed by atoms with Crippen LogP contribution in [0.4, 0.5) is 45.5 Å². The zero-order valence-electron chi connectivity index (χ0n) is 17.0. The van der Waals surface area contributed by atoms with Crippen molar-refractivity contribution < 1.29 is 0 Å². The Morgan fingerprint density at radius 1 is 0.500 bits per heavy atom. The van der Waals surface area contributed by atoms with Gasteiger partial charge in [0.25, 0.3) is 0 Å². The second kappa shape index (κ2) is 9.23. The summed E-state index contributed by atoms with van der Waals surface area (Å²) >= 11 is 0. The minimum Gasteiger partial charge on any atom is -0.398 e. The highest BCUT2D eigenvalue weighted by Crippen LogP contribution is 2.33. The number of nitrogen functional groups attached to an aromatic ring is 4. The first-order chi connectivity index (χ1) is 13.7. The summed E-state index contributed by atoms with van der Waals surface area (Å²) in [5.41, 5.74) is 31.0. The van der Waals surface area contributed by atoms with Gasteiger partial charge in [-0.2, -0.15) is 10.2 Å². The van der Waals surface area contributed by atoms with E-state index in [1.807, 2.05) is 32.9 Å². The van der Waals surface area contributed by atoms with Crippen molar-refractivity contribution in [3.05, 3.63) is 59.2 Å². The highest BCUT2D eigenvalue weighted by Gasteiger charge is 2.05. The van der Waals surface area contributed by atoms with Gasteiger partial charge in [0.2, 0.25) is 0 Å². The summed E-state index contributed by atoms with van der Waals surface area (Å²) < 4.78 is 0. The van der Waals surface area contributed by atoms with E-state index in [1.54, 1.807) is 30.3 Å². The van der Waals surface area contributed by atoms with Crippen molar-refractivity contribution in [2.45, 2.75) is 20.8 Å². The average Bonchev–Trinajstić information content (AvgIpc) is 2.67. The Bertz CT molecular complexity index is 1140. The summed E-state index contributed by atoms with van der Waals surface area (Å²) in [6.07, 6.45) is 0. The zero-order chi connectivity index (χ0) is 21.1. The smallest absolute Gasteiger partial charge is 0.109 e. The monoisotopic (exact) mass is 424 g/mol. The van der Waals surface area contributed by atoms with E-state index in [-0.39, 0.29) is 12.4 Å². The minimum absolute atomic E-state index is 0. The number of rotatable bonds is 4. The lowest BCUT2D eigenvalue weighted by atomic mass is 10.1. The van der Waals surface area contributed by atoms with Crippen LogP contribution in [0.25, 0.3) is 0 Å². The van der Waals surface area contributed by atoms with Crippen LogP contribution in [-0.4, -0.2) is 0 Å². The topological polar surface area (TPSA) is 154 Å². The predicted octanol–water partition coefficient (Wildman–Crippen LogP) is 6.19. The Hall–Kier alpha value is -3.65. The molecule has 0 spiro atoms. The van der Waals surface area contributed by atoms with E-state index in [0.717, 1.165) is 16.7 Å². The van der Waals surface area contributed by atoms with Gasteiger partial charge in [0.15, 0.2) is 0 Å². The molecule has 156 valence electrons. The molecule has 0 saturated carbocycles. The Kier molecular flexibility index (Phi) is 6.97. The van der Waals surface area contributed by atoms with Crippen LogP contribution in [0.15, 0.2) is 62.9 Å². The maximum Gasteiger partial charge on any atom is 0.109 e. The maximum absolute atomic E-state index is 5.98. The van der Waals surface area contributed by atoms with E-state index < -0.39 is 0 Å². The summed E-state index contributed by atoms with van der Waals surface area (Å²) in [5, 5.41) is 17.1. The summed E-state index contributed by atoms with van der Waals surface area (Å²) in [4.78, 5) is 0. The Labute approximate surface area is 181 Å². The molecule has 9 heteroatoms. The number of azo groups is 2. The molecule has 8 nitrogen and oxygen atoms in total. The molecule has 0 bridgehead atoms. The third kappa shape index (κ3) is 5.03. The summed E-state index contributed by atoms with van der Waals surface area (Å²) in [5.74, 6) is 0. The Morgan fingerprint density at radius 2 is 0.967 bits per heavy atom. The number of halogens is 1. The highest BCUT2D eigenvalue weighted by atomic mass is 35.5. The fourth-order valence-electron chi connectivity index (χ4n) is 2.61. The van der Waals surface area contributed by atoms with Crippen LogP contribution in [0.2, 0.25) is 0 Å². The van der Waals surface area contributed by atoms with Gasteiger partial charge in [-0.25, -0.2) is 0 Å². The Morgan fingerprint density at radius 3 is 1.50 bits per heavy atom. The molecule has 0 saturated heterocycles. The van der Waals surface area contributed by atoms with Crippen LogP contribution in [0.3, 0.4) is 0 Å². The Balaban J connectivity index is 0.00000320. The fourth-order valence-corrected chi connectivity index (χ4v) is 2.61. The molecule has 8 N–H and O–H groups in total. The molecule has 0 aliphatic carbocycles. The third-order valence-corrected chi connectivity index (χ3v) is 4.56. The van der Waals surface area contributed by atoms with Gasteiger partial charge in [0.05, 0.1) is 22.7 Å². The molecule has 0 unspecified atom stereocenters. The number of anilines is 4. The van der Waals surface area contributed by atoms with Gasteiger partial charge in [-0.05, 0) is 73.9 Å². The number of nitrogens with two attached hydrogens (primary N) is 4. The molecule has 0 radical (unpaired) electrons. The number of hydrogen-bond donors (Lipinski definition) is 4. The van der Waals surface area contributed by atoms with Crippen molar-refractivity contribution in [3.8, 4) is 0 Å². The van der Waals surface area contributed by atoms with Gasteiger partial charge in [-0.15, -0.1) is 22.6 Å². The van der Waals surface area contributed by atoms with Crippen molar-refractivity contribution in [2.75, 3.05) is 22.9 Å². The third-order valence-electron chi connectivity index (χ3n) is 4.56. The fraction of sp³-hybridized carbons (Fsp3) is 0.143. The summed E-state index contributed by atoms with van der Waals surface area (Å²) in [7, 11) is 0. The molecule has 30 heavy (non-hydrogen) atoms. The molecule has 0 aromatic heterocycles. The van der Waals surface area contributed by atoms with Gasteiger partial charge in [0.1, 0.15) is 11.4 Å². The molecule has 0 atom stereocenters. The van der Waals surface area contributed by atoms with E-state index in [4.69, 9.17) is 22.9 Å². The van der Waals surface area contributed by atoms with Gasteiger partial charge in [-0.1, -0.05) is 6.07 Å². The second-order valence-electron chi connectivity index (χ2n) is 6.91. The lowest BCUT2D eigenvalue weighted by Gasteiger charge is -2.05. The van der Waals surface area contributed by atoms with Crippen molar-refractivity contribution >= 4 is 57.9 Å². The van der Waals surface area contributed by atoms with Gasteiger partial charge in [0, 0.05) is 11.4 Å². The van der Waals surface area contributed by atoms with Crippen molar-refractivity contribution in [1.29, 1.82) is 0 Å². The SMILES string of the molecule is Cc1cc(N=Nc2ccc(C)c(N=Nc3cc(C)c(N)cc3N)c2)c(N)cc1N.Cl. The van der Waals surface area contributed by atoms with E-state index in [9.17, 15) is 0 Å². The zero-order valence-corrected chi connectivity index (χ0v) is 17.9. The molecule has 3 rings (SSSR count). The molecule has 0 heterocycles. The van der Waals surface area contributed by atoms with E-state index in [0.29, 0.717) is 45.5 Å². The van der Waals surface area contributed by atoms with Crippen LogP contribution in [-0.2, 0) is 0 Å². The number of benzene rings is 3. The quantitative estimate of drug-likeness (QED) is 0.291. The van der Waals surface area contributed by atoms with Crippen molar-refractivity contribution in [1.82, 2.24) is 0 Å². The first kappa shape index (κ1) is 22.6. The summed E-state index contributed by atoms with van der Waals surface area (Å²) in [6.45, 7) is 5.72. The lowest BCUT2D eigenvalue weighted by molar-refractivity contribution is 1.18. The number of hydrogen-bond acceptors (Lipinski definition) is 8. The van der Waals surface area contributed by atoms with Crippen LogP contribution >= 0.6 is 12.4 Å². The molecule has 0 amide bonds. The van der Waals surface area contributed by atoms with Gasteiger partial charge >= 0.3 is 0 Å². The first-order valence-electron chi connectivity index (χ1n) is 9.00. The molecule has 0 aliphatic rings. The van der Waals surface area contributed by atoms with Crippen LogP contribution in [0.1, 0.15) is 16.7 Å². The summed E-state index contributed by atoms with van der Waals surface area (Å²) in [6, 6.07) is 12.5. The van der Waals surface area contributed by atoms with Gasteiger partial charge in [-0.3, -0.25) is 0 Å². The van der Waals surface area contributed by atoms with Crippen molar-refractivity contribution in [2.24, 2.45) is 20.5 Å². The predicted molar refractivity (Wildman–Crippen MR) is 127 cm³/mol. The van der Waals surface area contributed by atoms with E-state index in [1.165, 1.54) is 0 Å². The molecule has 3 aromatic carbocycles. The van der Waals surface area contributed by atoms with Crippen molar-refractivity contribution in [3.63, 3.8) is 0 Å². The van der Waals surface area contributed by atoms with E-state index in [2.05, 4.69) is 20.5 Å². The first-order valence-corrected chi connectivity index (χ1v) is 9.00. The second-order valence-corrected chi connectivity index (χ2v) is 6.91. The van der Waals surface area contributed by atoms with Gasteiger partial charge < -0.3 is 22.9 Å². The average molecular weight is 425 g/mol. The normalized spacial score (nSPS) is 11.2. The highest BCUT2D eigenvalue weighted by molar-refractivity contribution is 5.85. The number of nitrogens with zero attached hydrogens (tertiary/aromatic N) is 4. The lowest BCUT2D eigenvalue weighted by Crippen LogP contribution is -1.93. The maximum atomic E-state index is 5.98. The van der Waals surface area contributed by atoms with Crippen LogP contribution in [0.5, 0.6) is 0 Å². The van der Waals surface area contributed by atoms with Crippen LogP contribution in [0, 0.1) is 20.8 Å². The molecule has 0 aliphatic heterocycles. The van der Waals surface area contributed by atoms with E-state index >= 15 is 0 Å². The van der Waals surface area contributed by atoms with Crippen LogP contribution < -0.4 is 22.9 Å². The largest absolute Gasteiger partial charge is 0.398 e. The number of aryl methyl sites for hydroxylation is 3. The molecule has 3 aromatic rings. The molecular weight excluding hydrogens is 400 g/mol.